The number of hydrogen-bond acceptors (Lipinski definition) is 2. The van der Waals surface area contributed by atoms with Gasteiger partial charge in [0, 0.05) is 26.2 Å². The molecule has 0 bridgehead atoms. The molecule has 1 aliphatic carbocycles. The minimum Gasteiger partial charge on any atom is -0.391 e. The Morgan fingerprint density at radius 2 is 2.27 bits per heavy atom. The number of aliphatic imine (C=N–C) groups is 1. The minimum absolute atomic E-state index is 0.171. The second-order valence-corrected chi connectivity index (χ2v) is 4.53. The number of aliphatic hydroxyl groups is 1. The molecule has 0 aromatic carbocycles. The summed E-state index contributed by atoms with van der Waals surface area (Å²) in [5.74, 6) is 1.81. The number of likely N-dealkylation sites (tertiary alicyclic amines) is 1. The summed E-state index contributed by atoms with van der Waals surface area (Å²) in [6.45, 7) is 5.60. The van der Waals surface area contributed by atoms with E-state index in [-0.39, 0.29) is 6.10 Å². The van der Waals surface area contributed by atoms with Crippen molar-refractivity contribution in [2.75, 3.05) is 26.2 Å². The van der Waals surface area contributed by atoms with Gasteiger partial charge in [0.2, 0.25) is 0 Å². The van der Waals surface area contributed by atoms with E-state index in [9.17, 15) is 5.11 Å². The van der Waals surface area contributed by atoms with E-state index < -0.39 is 0 Å². The van der Waals surface area contributed by atoms with E-state index in [2.05, 4.69) is 22.1 Å². The van der Waals surface area contributed by atoms with Crippen molar-refractivity contribution in [3.05, 3.63) is 0 Å². The molecule has 0 spiro atoms. The van der Waals surface area contributed by atoms with Crippen LogP contribution in [0.5, 0.6) is 0 Å². The molecule has 4 heteroatoms. The Morgan fingerprint density at radius 3 is 2.80 bits per heavy atom. The molecule has 0 amide bonds. The van der Waals surface area contributed by atoms with Gasteiger partial charge in [0.1, 0.15) is 0 Å². The monoisotopic (exact) mass is 211 g/mol. The van der Waals surface area contributed by atoms with Crippen LogP contribution in [0.25, 0.3) is 0 Å². The van der Waals surface area contributed by atoms with Crippen LogP contribution in [-0.4, -0.2) is 48.2 Å². The highest BCUT2D eigenvalue weighted by atomic mass is 16.3. The molecule has 15 heavy (non-hydrogen) atoms. The second-order valence-electron chi connectivity index (χ2n) is 4.53. The minimum atomic E-state index is -0.171. The summed E-state index contributed by atoms with van der Waals surface area (Å²) in [4.78, 5) is 6.78. The highest BCUT2D eigenvalue weighted by Gasteiger charge is 2.24. The Balaban J connectivity index is 1.88. The fourth-order valence-corrected chi connectivity index (χ4v) is 1.88. The van der Waals surface area contributed by atoms with E-state index in [1.807, 2.05) is 0 Å². The molecule has 0 radical (unpaired) electrons. The van der Waals surface area contributed by atoms with Crippen LogP contribution in [0.2, 0.25) is 0 Å². The van der Waals surface area contributed by atoms with Crippen molar-refractivity contribution < 1.29 is 5.11 Å². The SMILES string of the molecule is CCNC(=NCC1CC1)N1CC[C@@H](O)C1. The van der Waals surface area contributed by atoms with Gasteiger partial charge in [-0.1, -0.05) is 0 Å². The van der Waals surface area contributed by atoms with Crippen molar-refractivity contribution in [2.45, 2.75) is 32.3 Å². The summed E-state index contributed by atoms with van der Waals surface area (Å²) in [6, 6.07) is 0. The van der Waals surface area contributed by atoms with E-state index in [1.165, 1.54) is 12.8 Å². The maximum atomic E-state index is 9.48. The van der Waals surface area contributed by atoms with Gasteiger partial charge >= 0.3 is 0 Å². The van der Waals surface area contributed by atoms with Gasteiger partial charge in [0.25, 0.3) is 0 Å². The molecule has 1 heterocycles. The molecule has 1 aliphatic heterocycles. The Morgan fingerprint density at radius 1 is 1.47 bits per heavy atom. The summed E-state index contributed by atoms with van der Waals surface area (Å²) in [5.41, 5.74) is 0. The molecule has 2 rings (SSSR count). The lowest BCUT2D eigenvalue weighted by molar-refractivity contribution is 0.188. The quantitative estimate of drug-likeness (QED) is 0.526. The lowest BCUT2D eigenvalue weighted by Gasteiger charge is -2.20. The molecule has 1 saturated heterocycles. The number of aliphatic hydroxyl groups excluding tert-OH is 1. The third kappa shape index (κ3) is 3.09. The van der Waals surface area contributed by atoms with Gasteiger partial charge in [-0.2, -0.15) is 0 Å². The van der Waals surface area contributed by atoms with Crippen molar-refractivity contribution in [1.29, 1.82) is 0 Å². The first-order valence-corrected chi connectivity index (χ1v) is 6.01. The number of nitrogens with zero attached hydrogens (tertiary/aromatic N) is 2. The summed E-state index contributed by atoms with van der Waals surface area (Å²) < 4.78 is 0. The van der Waals surface area contributed by atoms with Crippen LogP contribution in [0.3, 0.4) is 0 Å². The molecular formula is C11H21N3O. The van der Waals surface area contributed by atoms with Crippen molar-refractivity contribution >= 4 is 5.96 Å². The second kappa shape index (κ2) is 4.84. The molecule has 4 nitrogen and oxygen atoms in total. The largest absolute Gasteiger partial charge is 0.391 e. The van der Waals surface area contributed by atoms with Gasteiger partial charge < -0.3 is 15.3 Å². The predicted molar refractivity (Wildman–Crippen MR) is 60.9 cm³/mol. The van der Waals surface area contributed by atoms with E-state index in [0.717, 1.165) is 44.5 Å². The first kappa shape index (κ1) is 10.7. The standard InChI is InChI=1S/C11H21N3O/c1-2-12-11(13-7-9-3-4-9)14-6-5-10(15)8-14/h9-10,15H,2-8H2,1H3,(H,12,13)/t10-/m1/s1. The van der Waals surface area contributed by atoms with Crippen LogP contribution < -0.4 is 5.32 Å². The number of nitrogens with one attached hydrogen (secondary N) is 1. The molecule has 2 fully saturated rings. The maximum absolute atomic E-state index is 9.48. The molecular weight excluding hydrogens is 190 g/mol. The zero-order valence-corrected chi connectivity index (χ0v) is 9.45. The van der Waals surface area contributed by atoms with Crippen LogP contribution in [-0.2, 0) is 0 Å². The average Bonchev–Trinajstić information content (AvgIpc) is 2.95. The number of β-amino-alcohol motifs (C(OH)–C–C–N with tert-alkyl or cyclic N) is 1. The van der Waals surface area contributed by atoms with Crippen LogP contribution in [0.1, 0.15) is 26.2 Å². The highest BCUT2D eigenvalue weighted by molar-refractivity contribution is 5.80. The molecule has 0 aromatic rings. The van der Waals surface area contributed by atoms with Gasteiger partial charge in [0.05, 0.1) is 6.10 Å². The van der Waals surface area contributed by atoms with Crippen LogP contribution in [0, 0.1) is 5.92 Å². The first-order valence-electron chi connectivity index (χ1n) is 6.01. The number of hydrogen-bond donors (Lipinski definition) is 2. The van der Waals surface area contributed by atoms with E-state index in [4.69, 9.17) is 0 Å². The fourth-order valence-electron chi connectivity index (χ4n) is 1.88. The maximum Gasteiger partial charge on any atom is 0.194 e. The van der Waals surface area contributed by atoms with Gasteiger partial charge in [0.15, 0.2) is 5.96 Å². The fraction of sp³-hybridized carbons (Fsp3) is 0.909. The predicted octanol–water partition coefficient (Wildman–Crippen LogP) is 0.428. The molecule has 1 atom stereocenters. The van der Waals surface area contributed by atoms with Gasteiger partial charge in [-0.3, -0.25) is 4.99 Å². The van der Waals surface area contributed by atoms with Gasteiger partial charge in [-0.05, 0) is 32.1 Å². The van der Waals surface area contributed by atoms with Crippen molar-refractivity contribution in [3.8, 4) is 0 Å². The van der Waals surface area contributed by atoms with E-state index in [1.54, 1.807) is 0 Å². The summed E-state index contributed by atoms with van der Waals surface area (Å²) >= 11 is 0. The first-order chi connectivity index (χ1) is 7.29. The van der Waals surface area contributed by atoms with Gasteiger partial charge in [-0.15, -0.1) is 0 Å². The van der Waals surface area contributed by atoms with E-state index in [0.29, 0.717) is 0 Å². The zero-order chi connectivity index (χ0) is 10.7. The average molecular weight is 211 g/mol. The lowest BCUT2D eigenvalue weighted by atomic mass is 10.3. The third-order valence-electron chi connectivity index (χ3n) is 2.99. The normalized spacial score (nSPS) is 27.2. The number of rotatable bonds is 3. The molecule has 0 aromatic heterocycles. The van der Waals surface area contributed by atoms with Crippen LogP contribution >= 0.6 is 0 Å². The molecule has 0 unspecified atom stereocenters. The lowest BCUT2D eigenvalue weighted by Crippen LogP contribution is -2.40. The topological polar surface area (TPSA) is 47.9 Å². The zero-order valence-electron chi connectivity index (χ0n) is 9.45. The summed E-state index contributed by atoms with van der Waals surface area (Å²) in [7, 11) is 0. The van der Waals surface area contributed by atoms with Gasteiger partial charge in [-0.25, -0.2) is 0 Å². The summed E-state index contributed by atoms with van der Waals surface area (Å²) in [6.07, 6.45) is 3.38. The Kier molecular flexibility index (Phi) is 3.46. The molecule has 86 valence electrons. The summed E-state index contributed by atoms with van der Waals surface area (Å²) in [5, 5.41) is 12.8. The highest BCUT2D eigenvalue weighted by Crippen LogP contribution is 2.28. The molecule has 1 saturated carbocycles. The number of guanidine groups is 1. The Bertz CT molecular complexity index is 238. The van der Waals surface area contributed by atoms with Crippen molar-refractivity contribution in [2.24, 2.45) is 10.9 Å². The van der Waals surface area contributed by atoms with Crippen molar-refractivity contribution in [1.82, 2.24) is 10.2 Å². The van der Waals surface area contributed by atoms with Crippen LogP contribution in [0.4, 0.5) is 0 Å². The van der Waals surface area contributed by atoms with Crippen LogP contribution in [0.15, 0.2) is 4.99 Å². The Labute approximate surface area is 91.4 Å². The molecule has 2 aliphatic rings. The van der Waals surface area contributed by atoms with Crippen molar-refractivity contribution in [3.63, 3.8) is 0 Å². The smallest absolute Gasteiger partial charge is 0.194 e. The Hall–Kier alpha value is -0.770. The third-order valence-corrected chi connectivity index (χ3v) is 2.99. The molecule has 2 N–H and O–H groups in total. The van der Waals surface area contributed by atoms with E-state index >= 15 is 0 Å².